The van der Waals surface area contributed by atoms with Gasteiger partial charge in [-0.2, -0.15) is 0 Å². The van der Waals surface area contributed by atoms with Crippen molar-refractivity contribution in [2.75, 3.05) is 6.61 Å². The Bertz CT molecular complexity index is 164. The Hall–Kier alpha value is 0.370. The van der Waals surface area contributed by atoms with Gasteiger partial charge in [0.1, 0.15) is 8.98 Å². The second-order valence-corrected chi connectivity index (χ2v) is 3.74. The molecule has 0 bridgehead atoms. The van der Waals surface area contributed by atoms with E-state index >= 15 is 0 Å². The minimum absolute atomic E-state index is 0.0463. The van der Waals surface area contributed by atoms with Gasteiger partial charge in [-0.3, -0.25) is 4.79 Å². The quantitative estimate of drug-likeness (QED) is 0.617. The van der Waals surface area contributed by atoms with Crippen LogP contribution in [0.15, 0.2) is 8.98 Å². The van der Waals surface area contributed by atoms with Gasteiger partial charge < -0.3 is 4.74 Å². The van der Waals surface area contributed by atoms with E-state index in [4.69, 9.17) is 46.4 Å². The number of halogens is 4. The third-order valence-corrected chi connectivity index (χ3v) is 2.07. The van der Waals surface area contributed by atoms with Crippen molar-refractivity contribution in [3.63, 3.8) is 0 Å². The summed E-state index contributed by atoms with van der Waals surface area (Å²) < 4.78 is 4.32. The zero-order valence-corrected chi connectivity index (χ0v) is 8.97. The normalized spacial score (nSPS) is 14.5. The van der Waals surface area contributed by atoms with Crippen LogP contribution in [-0.4, -0.2) is 12.6 Å². The highest BCUT2D eigenvalue weighted by atomic mass is 35.5. The molecule has 1 fully saturated rings. The van der Waals surface area contributed by atoms with Crippen LogP contribution in [0.2, 0.25) is 0 Å². The maximum atomic E-state index is 10.0. The first-order valence-electron chi connectivity index (χ1n) is 3.06. The maximum absolute atomic E-state index is 10.0. The Kier molecular flexibility index (Phi) is 7.05. The van der Waals surface area contributed by atoms with Gasteiger partial charge in [0.05, 0.1) is 6.61 Å². The highest BCUT2D eigenvalue weighted by Gasteiger charge is 2.08. The molecule has 1 aliphatic heterocycles. The molecule has 6 heteroatoms. The van der Waals surface area contributed by atoms with E-state index in [1.165, 1.54) is 0 Å². The number of carbonyl (C=O) groups is 1. The molecule has 0 aromatic carbocycles. The average molecular weight is 252 g/mol. The van der Waals surface area contributed by atoms with Gasteiger partial charge in [0.2, 0.25) is 0 Å². The molecule has 0 atom stereocenters. The largest absolute Gasteiger partial charge is 0.466 e. The van der Waals surface area contributed by atoms with E-state index in [1.807, 2.05) is 0 Å². The van der Waals surface area contributed by atoms with E-state index in [9.17, 15) is 4.79 Å². The number of ether oxygens (including phenoxy) is 1. The van der Waals surface area contributed by atoms with Crippen LogP contribution in [0.4, 0.5) is 0 Å². The molecule has 0 aliphatic carbocycles. The van der Waals surface area contributed by atoms with Crippen LogP contribution in [-0.2, 0) is 9.53 Å². The first-order valence-corrected chi connectivity index (χ1v) is 4.57. The van der Waals surface area contributed by atoms with Crippen molar-refractivity contribution in [3.05, 3.63) is 8.98 Å². The van der Waals surface area contributed by atoms with Crippen molar-refractivity contribution >= 4 is 52.4 Å². The molecule has 12 heavy (non-hydrogen) atoms. The van der Waals surface area contributed by atoms with Gasteiger partial charge in [0.25, 0.3) is 0 Å². The number of carbonyl (C=O) groups excluding carboxylic acids is 1. The molecule has 0 amide bonds. The lowest BCUT2D eigenvalue weighted by molar-refractivity contribution is -0.137. The van der Waals surface area contributed by atoms with Gasteiger partial charge in [-0.1, -0.05) is 46.4 Å². The molecule has 0 aromatic rings. The van der Waals surface area contributed by atoms with Crippen LogP contribution in [0.5, 0.6) is 0 Å². The lowest BCUT2D eigenvalue weighted by Crippen LogP contribution is -1.88. The summed E-state index contributed by atoms with van der Waals surface area (Å²) in [5.41, 5.74) is 0. The van der Waals surface area contributed by atoms with Gasteiger partial charge >= 0.3 is 5.97 Å². The predicted molar refractivity (Wildman–Crippen MR) is 50.6 cm³/mol. The van der Waals surface area contributed by atoms with Crippen molar-refractivity contribution < 1.29 is 9.53 Å². The summed E-state index contributed by atoms with van der Waals surface area (Å²) in [6, 6.07) is 0. The van der Waals surface area contributed by atoms with Crippen LogP contribution < -0.4 is 0 Å². The van der Waals surface area contributed by atoms with Gasteiger partial charge in [-0.15, -0.1) is 0 Å². The first kappa shape index (κ1) is 12.4. The molecule has 0 unspecified atom stereocenters. The van der Waals surface area contributed by atoms with Crippen LogP contribution in [0.1, 0.15) is 12.8 Å². The molecule has 70 valence electrons. The smallest absolute Gasteiger partial charge is 0.305 e. The number of hydrogen-bond donors (Lipinski definition) is 0. The first-order chi connectivity index (χ1) is 5.54. The Morgan fingerprint density at radius 2 is 1.67 bits per heavy atom. The number of cyclic esters (lactones) is 1. The van der Waals surface area contributed by atoms with Crippen LogP contribution in [0, 0.1) is 0 Å². The highest BCUT2D eigenvalue weighted by molar-refractivity contribution is 6.67. The van der Waals surface area contributed by atoms with Crippen molar-refractivity contribution in [2.45, 2.75) is 12.8 Å². The fourth-order valence-electron chi connectivity index (χ4n) is 0.475. The molecular weight excluding hydrogens is 246 g/mol. The van der Waals surface area contributed by atoms with Crippen molar-refractivity contribution in [1.82, 2.24) is 0 Å². The summed E-state index contributed by atoms with van der Waals surface area (Å²) in [6.07, 6.45) is 1.54. The Balaban J connectivity index is 0.000000202. The molecule has 0 radical (unpaired) electrons. The zero-order valence-electron chi connectivity index (χ0n) is 5.95. The van der Waals surface area contributed by atoms with Gasteiger partial charge in [0.15, 0.2) is 0 Å². The van der Waals surface area contributed by atoms with Crippen molar-refractivity contribution in [1.29, 1.82) is 0 Å². The average Bonchev–Trinajstić information content (AvgIpc) is 2.40. The summed E-state index contributed by atoms with van der Waals surface area (Å²) in [5, 5.41) is 0. The molecule has 0 N–H and O–H groups in total. The lowest BCUT2D eigenvalue weighted by atomic mass is 10.4. The van der Waals surface area contributed by atoms with Gasteiger partial charge in [-0.05, 0) is 6.42 Å². The van der Waals surface area contributed by atoms with E-state index in [2.05, 4.69) is 4.74 Å². The summed E-state index contributed by atoms with van der Waals surface area (Å²) in [4.78, 5) is 10.0. The topological polar surface area (TPSA) is 26.3 Å². The molecule has 2 nitrogen and oxygen atoms in total. The van der Waals surface area contributed by atoms with Gasteiger partial charge in [0, 0.05) is 6.42 Å². The minimum Gasteiger partial charge on any atom is -0.466 e. The van der Waals surface area contributed by atoms with Crippen LogP contribution in [0.25, 0.3) is 0 Å². The molecule has 1 aliphatic rings. The van der Waals surface area contributed by atoms with Crippen LogP contribution >= 0.6 is 46.4 Å². The predicted octanol–water partition coefficient (Wildman–Crippen LogP) is 3.39. The van der Waals surface area contributed by atoms with Crippen molar-refractivity contribution in [3.8, 4) is 0 Å². The minimum atomic E-state index is -0.0988. The molecule has 1 heterocycles. The Labute approximate surface area is 90.4 Å². The standard InChI is InChI=1S/C4H6O2.C2Cl4/c5-4-2-1-3-6-4;3-1(4)2(5)6/h1-3H2;. The summed E-state index contributed by atoms with van der Waals surface area (Å²) >= 11 is 20.0. The third-order valence-electron chi connectivity index (χ3n) is 0.931. The highest BCUT2D eigenvalue weighted by Crippen LogP contribution is 2.20. The van der Waals surface area contributed by atoms with Crippen molar-refractivity contribution in [2.24, 2.45) is 0 Å². The van der Waals surface area contributed by atoms with Crippen LogP contribution in [0.3, 0.4) is 0 Å². The number of hydrogen-bond acceptors (Lipinski definition) is 2. The molecular formula is C6H6Cl4O2. The Morgan fingerprint density at radius 1 is 1.17 bits per heavy atom. The SMILES string of the molecule is ClC(Cl)=C(Cl)Cl.O=C1CCCO1. The maximum Gasteiger partial charge on any atom is 0.305 e. The lowest BCUT2D eigenvalue weighted by Gasteiger charge is -1.81. The second kappa shape index (κ2) is 6.84. The molecule has 0 saturated carbocycles. The molecule has 1 saturated heterocycles. The monoisotopic (exact) mass is 250 g/mol. The summed E-state index contributed by atoms with van der Waals surface area (Å²) in [7, 11) is 0. The fraction of sp³-hybridized carbons (Fsp3) is 0.500. The van der Waals surface area contributed by atoms with E-state index in [0.29, 0.717) is 13.0 Å². The van der Waals surface area contributed by atoms with E-state index in [-0.39, 0.29) is 15.0 Å². The summed E-state index contributed by atoms with van der Waals surface area (Å²) in [5.74, 6) is -0.0463. The van der Waals surface area contributed by atoms with E-state index < -0.39 is 0 Å². The number of esters is 1. The molecule has 0 aromatic heterocycles. The van der Waals surface area contributed by atoms with E-state index in [0.717, 1.165) is 6.42 Å². The third kappa shape index (κ3) is 7.04. The summed E-state index contributed by atoms with van der Waals surface area (Å²) in [6.45, 7) is 0.638. The fourth-order valence-corrected chi connectivity index (χ4v) is 0.475. The number of rotatable bonds is 0. The molecule has 1 rings (SSSR count). The second-order valence-electron chi connectivity index (χ2n) is 1.84. The van der Waals surface area contributed by atoms with E-state index in [1.54, 1.807) is 0 Å². The zero-order chi connectivity index (χ0) is 9.56. The molecule has 0 spiro atoms. The Morgan fingerprint density at radius 3 is 1.75 bits per heavy atom. The van der Waals surface area contributed by atoms with Gasteiger partial charge in [-0.25, -0.2) is 0 Å².